The second kappa shape index (κ2) is 8.58. The molecule has 0 aromatic rings. The molecule has 0 aliphatic heterocycles. The summed E-state index contributed by atoms with van der Waals surface area (Å²) in [5.41, 5.74) is -4.90. The summed E-state index contributed by atoms with van der Waals surface area (Å²) in [6, 6.07) is 0. The molecule has 7 N–H and O–H groups in total. The predicted molar refractivity (Wildman–Crippen MR) is 128 cm³/mol. The Hall–Kier alpha value is -0.870. The van der Waals surface area contributed by atoms with E-state index in [1.165, 1.54) is 6.92 Å². The zero-order chi connectivity index (χ0) is 26.2. The molecule has 3 saturated carbocycles. The van der Waals surface area contributed by atoms with Gasteiger partial charge in [0.1, 0.15) is 0 Å². The fourth-order valence-corrected chi connectivity index (χ4v) is 8.36. The molecule has 0 radical (unpaired) electrons. The molecule has 8 heteroatoms. The van der Waals surface area contributed by atoms with Crippen LogP contribution in [-0.2, 0) is 4.79 Å². The van der Waals surface area contributed by atoms with Gasteiger partial charge in [-0.05, 0) is 94.1 Å². The van der Waals surface area contributed by atoms with Gasteiger partial charge in [0.05, 0.1) is 41.7 Å². The topological polar surface area (TPSA) is 159 Å². The maximum absolute atomic E-state index is 13.3. The third-order valence-corrected chi connectivity index (χ3v) is 10.8. The van der Waals surface area contributed by atoms with Crippen molar-refractivity contribution in [1.82, 2.24) is 0 Å². The number of carbonyl (C=O) groups is 1. The first-order valence-electron chi connectivity index (χ1n) is 13.1. The predicted octanol–water partition coefficient (Wildman–Crippen LogP) is 0.826. The zero-order valence-corrected chi connectivity index (χ0v) is 21.4. The number of allylic oxidation sites excluding steroid dienone is 1. The monoisotopic (exact) mass is 496 g/mol. The Balaban J connectivity index is 1.64. The Morgan fingerprint density at radius 3 is 2.37 bits per heavy atom. The molecular weight excluding hydrogens is 452 g/mol. The molecule has 0 saturated heterocycles. The van der Waals surface area contributed by atoms with E-state index in [0.717, 1.165) is 0 Å². The van der Waals surface area contributed by atoms with E-state index >= 15 is 0 Å². The SMILES string of the molecule is CC(O)(CO)CC[C@@H](O)[C@](C)(O)[C@H]1CCC2(O)C3=CC(=O)[C@@H]4C[C@@H](O)[C@@H](O)C[C@]4(C)[C@H]3CC[C@]12C. The van der Waals surface area contributed by atoms with Crippen LogP contribution in [-0.4, -0.2) is 83.3 Å². The quantitative estimate of drug-likeness (QED) is 0.285. The highest BCUT2D eigenvalue weighted by Crippen LogP contribution is 2.68. The Kier molecular flexibility index (Phi) is 6.66. The van der Waals surface area contributed by atoms with Gasteiger partial charge in [-0.2, -0.15) is 0 Å². The second-order valence-electron chi connectivity index (χ2n) is 13.0. The lowest BCUT2D eigenvalue weighted by Crippen LogP contribution is -2.62. The molecule has 4 aliphatic carbocycles. The van der Waals surface area contributed by atoms with E-state index in [2.05, 4.69) is 0 Å². The van der Waals surface area contributed by atoms with Gasteiger partial charge in [-0.3, -0.25) is 4.79 Å². The van der Waals surface area contributed by atoms with Crippen molar-refractivity contribution < 1.29 is 40.5 Å². The van der Waals surface area contributed by atoms with Crippen molar-refractivity contribution in [3.05, 3.63) is 11.6 Å². The van der Waals surface area contributed by atoms with Gasteiger partial charge in [0.25, 0.3) is 0 Å². The van der Waals surface area contributed by atoms with E-state index in [9.17, 15) is 40.5 Å². The maximum atomic E-state index is 13.3. The highest BCUT2D eigenvalue weighted by Gasteiger charge is 2.69. The normalized spacial score (nSPS) is 47.6. The minimum Gasteiger partial charge on any atom is -0.393 e. The summed E-state index contributed by atoms with van der Waals surface area (Å²) < 4.78 is 0. The molecule has 4 aliphatic rings. The molecule has 35 heavy (non-hydrogen) atoms. The van der Waals surface area contributed by atoms with Gasteiger partial charge in [0.15, 0.2) is 5.78 Å². The number of aliphatic hydroxyl groups is 7. The smallest absolute Gasteiger partial charge is 0.159 e. The highest BCUT2D eigenvalue weighted by atomic mass is 16.3. The maximum Gasteiger partial charge on any atom is 0.159 e. The molecular formula is C27H44O8. The van der Waals surface area contributed by atoms with Crippen molar-refractivity contribution in [1.29, 1.82) is 0 Å². The molecule has 0 aromatic carbocycles. The summed E-state index contributed by atoms with van der Waals surface area (Å²) in [6.07, 6.45) is 1.37. The number of aliphatic hydroxyl groups excluding tert-OH is 4. The third kappa shape index (κ3) is 3.95. The lowest BCUT2D eigenvalue weighted by atomic mass is 9.45. The molecule has 4 rings (SSSR count). The van der Waals surface area contributed by atoms with Crippen molar-refractivity contribution in [3.63, 3.8) is 0 Å². The van der Waals surface area contributed by atoms with Crippen LogP contribution < -0.4 is 0 Å². The van der Waals surface area contributed by atoms with E-state index in [1.54, 1.807) is 13.0 Å². The van der Waals surface area contributed by atoms with E-state index in [1.807, 2.05) is 13.8 Å². The van der Waals surface area contributed by atoms with Gasteiger partial charge in [-0.15, -0.1) is 0 Å². The Morgan fingerprint density at radius 1 is 1.09 bits per heavy atom. The Morgan fingerprint density at radius 2 is 1.74 bits per heavy atom. The second-order valence-corrected chi connectivity index (χ2v) is 13.0. The van der Waals surface area contributed by atoms with Crippen LogP contribution in [0.15, 0.2) is 11.6 Å². The van der Waals surface area contributed by atoms with E-state index in [-0.39, 0.29) is 31.0 Å². The summed E-state index contributed by atoms with van der Waals surface area (Å²) in [4.78, 5) is 13.3. The largest absolute Gasteiger partial charge is 0.393 e. The molecule has 200 valence electrons. The molecule has 11 atom stereocenters. The fraction of sp³-hybridized carbons (Fsp3) is 0.889. The molecule has 3 fully saturated rings. The van der Waals surface area contributed by atoms with Crippen molar-refractivity contribution >= 4 is 5.78 Å². The fourth-order valence-electron chi connectivity index (χ4n) is 8.36. The number of hydrogen-bond donors (Lipinski definition) is 7. The van der Waals surface area contributed by atoms with Gasteiger partial charge >= 0.3 is 0 Å². The minimum absolute atomic E-state index is 0.0926. The van der Waals surface area contributed by atoms with Gasteiger partial charge in [-0.1, -0.05) is 13.8 Å². The summed E-state index contributed by atoms with van der Waals surface area (Å²) >= 11 is 0. The van der Waals surface area contributed by atoms with Crippen LogP contribution in [0.4, 0.5) is 0 Å². The highest BCUT2D eigenvalue weighted by molar-refractivity contribution is 5.95. The molecule has 2 unspecified atom stereocenters. The number of ketones is 1. The van der Waals surface area contributed by atoms with Crippen molar-refractivity contribution in [3.8, 4) is 0 Å². The lowest BCUT2D eigenvalue weighted by molar-refractivity contribution is -0.177. The van der Waals surface area contributed by atoms with Crippen LogP contribution >= 0.6 is 0 Å². The van der Waals surface area contributed by atoms with Crippen molar-refractivity contribution in [2.75, 3.05) is 6.61 Å². The number of fused-ring (bicyclic) bond motifs is 5. The summed E-state index contributed by atoms with van der Waals surface area (Å²) in [5, 5.41) is 74.9. The number of rotatable bonds is 6. The molecule has 0 spiro atoms. The van der Waals surface area contributed by atoms with E-state index in [4.69, 9.17) is 0 Å². The molecule has 0 bridgehead atoms. The number of hydrogen-bond acceptors (Lipinski definition) is 8. The van der Waals surface area contributed by atoms with Gasteiger partial charge in [0.2, 0.25) is 0 Å². The Labute approximate surface area is 207 Å². The van der Waals surface area contributed by atoms with Crippen LogP contribution in [0.3, 0.4) is 0 Å². The Bertz CT molecular complexity index is 882. The van der Waals surface area contributed by atoms with Crippen molar-refractivity contribution in [2.45, 2.75) is 114 Å². The number of carbonyl (C=O) groups excluding carboxylic acids is 1. The van der Waals surface area contributed by atoms with E-state index < -0.39 is 64.4 Å². The summed E-state index contributed by atoms with van der Waals surface area (Å²) in [5.74, 6) is -1.08. The van der Waals surface area contributed by atoms with Crippen LogP contribution in [0, 0.1) is 28.6 Å². The van der Waals surface area contributed by atoms with Gasteiger partial charge in [-0.25, -0.2) is 0 Å². The van der Waals surface area contributed by atoms with Crippen molar-refractivity contribution in [2.24, 2.45) is 28.6 Å². The molecule has 0 aromatic heterocycles. The molecule has 8 nitrogen and oxygen atoms in total. The van der Waals surface area contributed by atoms with E-state index in [0.29, 0.717) is 37.7 Å². The standard InChI is InChI=1S/C27H44O8/c1-23(33,14-28)8-7-22(32)26(4,34)21-6-10-27(35)16-11-18(29)17-12-19(30)20(31)13-24(17,2)15(16)5-9-25(21,27)3/h11,15,17,19-22,28,30-35H,5-10,12-14H2,1-4H3/t15-,17-,19+,20-,21-,22+,23?,24+,25+,26+,27?/m0/s1. The van der Waals surface area contributed by atoms with Gasteiger partial charge in [0, 0.05) is 11.3 Å². The van der Waals surface area contributed by atoms with Crippen LogP contribution in [0.5, 0.6) is 0 Å². The summed E-state index contributed by atoms with van der Waals surface area (Å²) in [7, 11) is 0. The molecule has 0 heterocycles. The first-order chi connectivity index (χ1) is 16.0. The van der Waals surface area contributed by atoms with Crippen LogP contribution in [0.25, 0.3) is 0 Å². The first-order valence-corrected chi connectivity index (χ1v) is 13.1. The minimum atomic E-state index is -1.55. The van der Waals surface area contributed by atoms with Crippen LogP contribution in [0.2, 0.25) is 0 Å². The first kappa shape index (κ1) is 27.2. The average Bonchev–Trinajstić information content (AvgIpc) is 3.06. The molecule has 0 amide bonds. The average molecular weight is 497 g/mol. The zero-order valence-electron chi connectivity index (χ0n) is 21.4. The third-order valence-electron chi connectivity index (χ3n) is 10.8. The lowest BCUT2D eigenvalue weighted by Gasteiger charge is -2.60. The van der Waals surface area contributed by atoms with Crippen LogP contribution in [0.1, 0.15) is 79.1 Å². The summed E-state index contributed by atoms with van der Waals surface area (Å²) in [6.45, 7) is 6.54. The van der Waals surface area contributed by atoms with Gasteiger partial charge < -0.3 is 35.7 Å².